The molecule has 1 aromatic heterocycles. The first-order chi connectivity index (χ1) is 14.1. The molecule has 0 aliphatic carbocycles. The van der Waals surface area contributed by atoms with Gasteiger partial charge in [0.05, 0.1) is 5.69 Å². The minimum Gasteiger partial charge on any atom is -0.355 e. The lowest BCUT2D eigenvalue weighted by Gasteiger charge is -2.32. The van der Waals surface area contributed by atoms with Crippen molar-refractivity contribution in [3.8, 4) is 11.3 Å². The molecule has 1 aliphatic heterocycles. The van der Waals surface area contributed by atoms with Crippen molar-refractivity contribution < 1.29 is 4.79 Å². The van der Waals surface area contributed by atoms with Gasteiger partial charge in [-0.2, -0.15) is 5.10 Å². The van der Waals surface area contributed by atoms with Crippen molar-refractivity contribution in [2.75, 3.05) is 18.0 Å². The van der Waals surface area contributed by atoms with Crippen LogP contribution >= 0.6 is 11.6 Å². The van der Waals surface area contributed by atoms with Gasteiger partial charge in [-0.05, 0) is 54.7 Å². The molecule has 29 heavy (non-hydrogen) atoms. The molecular formula is C23H25ClN4O. The highest BCUT2D eigenvalue weighted by Crippen LogP contribution is 2.25. The van der Waals surface area contributed by atoms with Crippen LogP contribution in [0.2, 0.25) is 5.02 Å². The molecule has 1 aliphatic rings. The van der Waals surface area contributed by atoms with Gasteiger partial charge < -0.3 is 10.2 Å². The molecule has 5 nitrogen and oxygen atoms in total. The maximum absolute atomic E-state index is 12.5. The number of aromatic nitrogens is 2. The van der Waals surface area contributed by atoms with Gasteiger partial charge in [-0.3, -0.25) is 9.89 Å². The lowest BCUT2D eigenvalue weighted by molar-refractivity contribution is 0.0931. The summed E-state index contributed by atoms with van der Waals surface area (Å²) in [4.78, 5) is 14.8. The number of rotatable bonds is 5. The number of amides is 1. The number of carbonyl (C=O) groups excluding carboxylic acids is 1. The zero-order valence-electron chi connectivity index (χ0n) is 16.5. The highest BCUT2D eigenvalue weighted by molar-refractivity contribution is 6.30. The molecule has 150 valence electrons. The lowest BCUT2D eigenvalue weighted by atomic mass is 10.0. The number of hydrogen-bond acceptors (Lipinski definition) is 3. The Morgan fingerprint density at radius 1 is 1.14 bits per heavy atom. The average Bonchev–Trinajstić information content (AvgIpc) is 3.25. The fourth-order valence-corrected chi connectivity index (χ4v) is 3.79. The smallest absolute Gasteiger partial charge is 0.251 e. The number of hydrogen-bond donors (Lipinski definition) is 2. The standard InChI is InChI=1S/C23H25ClN4O/c1-2-16-3-5-18(6-4-16)23(29)25-20-11-13-28(14-12-20)22-15-21(26-27-22)17-7-9-19(24)10-8-17/h3-10,15,20H,2,11-14H2,1H3,(H,25,29)(H,26,27). The number of aryl methyl sites for hydroxylation is 1. The quantitative estimate of drug-likeness (QED) is 0.643. The van der Waals surface area contributed by atoms with E-state index in [1.54, 1.807) is 0 Å². The van der Waals surface area contributed by atoms with Gasteiger partial charge >= 0.3 is 0 Å². The van der Waals surface area contributed by atoms with Crippen molar-refractivity contribution in [2.24, 2.45) is 0 Å². The van der Waals surface area contributed by atoms with Crippen molar-refractivity contribution in [1.29, 1.82) is 0 Å². The first-order valence-electron chi connectivity index (χ1n) is 10.1. The monoisotopic (exact) mass is 408 g/mol. The predicted molar refractivity (Wildman–Crippen MR) is 118 cm³/mol. The van der Waals surface area contributed by atoms with Crippen molar-refractivity contribution in [3.05, 3.63) is 70.7 Å². The normalized spacial score (nSPS) is 14.8. The zero-order chi connectivity index (χ0) is 20.2. The van der Waals surface area contributed by atoms with E-state index in [2.05, 4.69) is 33.4 Å². The van der Waals surface area contributed by atoms with Gasteiger partial charge in [0, 0.05) is 35.8 Å². The molecule has 0 spiro atoms. The van der Waals surface area contributed by atoms with Crippen molar-refractivity contribution >= 4 is 23.3 Å². The summed E-state index contributed by atoms with van der Waals surface area (Å²) in [6, 6.07) is 17.8. The second-order valence-electron chi connectivity index (χ2n) is 7.43. The maximum atomic E-state index is 12.5. The molecule has 1 saturated heterocycles. The number of halogens is 1. The number of H-pyrrole nitrogens is 1. The number of carbonyl (C=O) groups is 1. The predicted octanol–water partition coefficient (Wildman–Crippen LogP) is 4.69. The van der Waals surface area contributed by atoms with E-state index in [0.717, 1.165) is 60.0 Å². The van der Waals surface area contributed by atoms with E-state index in [9.17, 15) is 4.79 Å². The summed E-state index contributed by atoms with van der Waals surface area (Å²) >= 11 is 5.96. The molecule has 0 atom stereocenters. The summed E-state index contributed by atoms with van der Waals surface area (Å²) in [5.74, 6) is 0.950. The molecule has 1 fully saturated rings. The van der Waals surface area contributed by atoms with E-state index < -0.39 is 0 Å². The summed E-state index contributed by atoms with van der Waals surface area (Å²) in [6.45, 7) is 3.84. The number of piperidine rings is 1. The van der Waals surface area contributed by atoms with Crippen LogP contribution in [0.1, 0.15) is 35.7 Å². The topological polar surface area (TPSA) is 61.0 Å². The van der Waals surface area contributed by atoms with E-state index in [1.807, 2.05) is 48.5 Å². The van der Waals surface area contributed by atoms with Gasteiger partial charge in [0.15, 0.2) is 5.82 Å². The lowest BCUT2D eigenvalue weighted by Crippen LogP contribution is -2.44. The molecule has 0 unspecified atom stereocenters. The van der Waals surface area contributed by atoms with Crippen LogP contribution in [0.4, 0.5) is 5.82 Å². The van der Waals surface area contributed by atoms with Crippen molar-refractivity contribution in [1.82, 2.24) is 15.5 Å². The van der Waals surface area contributed by atoms with Gasteiger partial charge in [0.2, 0.25) is 0 Å². The molecule has 0 saturated carbocycles. The van der Waals surface area contributed by atoms with Crippen molar-refractivity contribution in [2.45, 2.75) is 32.2 Å². The number of aromatic amines is 1. The molecule has 6 heteroatoms. The number of nitrogens with one attached hydrogen (secondary N) is 2. The Labute approximate surface area is 176 Å². The fraction of sp³-hybridized carbons (Fsp3) is 0.304. The summed E-state index contributed by atoms with van der Waals surface area (Å²) in [5, 5.41) is 11.5. The van der Waals surface area contributed by atoms with Gasteiger partial charge in [-0.25, -0.2) is 0 Å². The molecule has 0 bridgehead atoms. The van der Waals surface area contributed by atoms with E-state index >= 15 is 0 Å². The maximum Gasteiger partial charge on any atom is 0.251 e. The van der Waals surface area contributed by atoms with Gasteiger partial charge in [-0.15, -0.1) is 0 Å². The Balaban J connectivity index is 1.32. The Bertz CT molecular complexity index is 957. The van der Waals surface area contributed by atoms with Crippen LogP contribution in [0.15, 0.2) is 54.6 Å². The second-order valence-corrected chi connectivity index (χ2v) is 7.87. The molecule has 2 aromatic carbocycles. The Morgan fingerprint density at radius 3 is 2.48 bits per heavy atom. The Kier molecular flexibility index (Phi) is 5.86. The molecule has 1 amide bonds. The number of benzene rings is 2. The Morgan fingerprint density at radius 2 is 1.83 bits per heavy atom. The minimum atomic E-state index is 0.0101. The third-order valence-corrected chi connectivity index (χ3v) is 5.75. The van der Waals surface area contributed by atoms with Crippen LogP contribution < -0.4 is 10.2 Å². The van der Waals surface area contributed by atoms with Crippen LogP contribution in [0.5, 0.6) is 0 Å². The molecule has 0 radical (unpaired) electrons. The van der Waals surface area contributed by atoms with Crippen LogP contribution in [0, 0.1) is 0 Å². The molecule has 2 heterocycles. The Hall–Kier alpha value is -2.79. The van der Waals surface area contributed by atoms with E-state index in [-0.39, 0.29) is 11.9 Å². The van der Waals surface area contributed by atoms with Crippen LogP contribution in [-0.2, 0) is 6.42 Å². The number of anilines is 1. The van der Waals surface area contributed by atoms with Gasteiger partial charge in [0.25, 0.3) is 5.91 Å². The summed E-state index contributed by atoms with van der Waals surface area (Å²) in [7, 11) is 0. The first kappa shape index (κ1) is 19.5. The van der Waals surface area contributed by atoms with E-state index in [1.165, 1.54) is 5.56 Å². The summed E-state index contributed by atoms with van der Waals surface area (Å²) in [6.07, 6.45) is 2.79. The van der Waals surface area contributed by atoms with E-state index in [0.29, 0.717) is 0 Å². The minimum absolute atomic E-state index is 0.0101. The van der Waals surface area contributed by atoms with Crippen LogP contribution in [0.3, 0.4) is 0 Å². The second kappa shape index (κ2) is 8.70. The van der Waals surface area contributed by atoms with Crippen LogP contribution in [0.25, 0.3) is 11.3 Å². The molecule has 4 rings (SSSR count). The largest absolute Gasteiger partial charge is 0.355 e. The zero-order valence-corrected chi connectivity index (χ0v) is 17.2. The SMILES string of the molecule is CCc1ccc(C(=O)NC2CCN(c3cc(-c4ccc(Cl)cc4)[nH]n3)CC2)cc1. The fourth-order valence-electron chi connectivity index (χ4n) is 3.66. The summed E-state index contributed by atoms with van der Waals surface area (Å²) < 4.78 is 0. The van der Waals surface area contributed by atoms with Gasteiger partial charge in [-0.1, -0.05) is 42.8 Å². The van der Waals surface area contributed by atoms with Gasteiger partial charge in [0.1, 0.15) is 0 Å². The van der Waals surface area contributed by atoms with E-state index in [4.69, 9.17) is 11.6 Å². The van der Waals surface area contributed by atoms with Crippen LogP contribution in [-0.4, -0.2) is 35.2 Å². The molecule has 3 aromatic rings. The third-order valence-electron chi connectivity index (χ3n) is 5.50. The first-order valence-corrected chi connectivity index (χ1v) is 10.5. The highest BCUT2D eigenvalue weighted by atomic mass is 35.5. The molecule has 2 N–H and O–H groups in total. The summed E-state index contributed by atoms with van der Waals surface area (Å²) in [5.41, 5.74) is 4.00. The van der Waals surface area contributed by atoms with Crippen molar-refractivity contribution in [3.63, 3.8) is 0 Å². The third kappa shape index (κ3) is 4.62. The molecular weight excluding hydrogens is 384 g/mol. The number of nitrogens with zero attached hydrogens (tertiary/aromatic N) is 2. The highest BCUT2D eigenvalue weighted by Gasteiger charge is 2.22. The average molecular weight is 409 g/mol.